The van der Waals surface area contributed by atoms with Gasteiger partial charge in [-0.1, -0.05) is 5.21 Å². The van der Waals surface area contributed by atoms with Gasteiger partial charge in [-0.15, -0.1) is 9.78 Å². The SMILES string of the molecule is O=C(n1ccnn1)n1nnc([N+](=O)[O-])c1Br. The maximum absolute atomic E-state index is 11.6. The van der Waals surface area contributed by atoms with Gasteiger partial charge in [-0.3, -0.25) is 0 Å². The van der Waals surface area contributed by atoms with Gasteiger partial charge in [0.25, 0.3) is 0 Å². The van der Waals surface area contributed by atoms with E-state index in [4.69, 9.17) is 0 Å². The normalized spacial score (nSPS) is 10.3. The maximum atomic E-state index is 11.6. The smallest absolute Gasteiger partial charge is 0.358 e. The quantitative estimate of drug-likeness (QED) is 0.537. The van der Waals surface area contributed by atoms with Gasteiger partial charge in [0.05, 0.1) is 17.6 Å². The van der Waals surface area contributed by atoms with E-state index in [2.05, 4.69) is 36.6 Å². The fourth-order valence-corrected chi connectivity index (χ4v) is 1.35. The third kappa shape index (κ3) is 1.56. The summed E-state index contributed by atoms with van der Waals surface area (Å²) in [6.45, 7) is 0. The summed E-state index contributed by atoms with van der Waals surface area (Å²) in [6, 6.07) is -0.732. The van der Waals surface area contributed by atoms with Crippen LogP contribution in [0.2, 0.25) is 0 Å². The number of nitrogens with zero attached hydrogens (tertiary/aromatic N) is 7. The standard InChI is InChI=1S/C5H2BrN7O3/c6-3-4(13(15)16)8-10-12(3)5(14)11-2-1-7-9-11/h1-2H. The molecule has 0 aromatic carbocycles. The monoisotopic (exact) mass is 287 g/mol. The van der Waals surface area contributed by atoms with Crippen molar-refractivity contribution in [2.45, 2.75) is 0 Å². The zero-order valence-electron chi connectivity index (χ0n) is 7.39. The summed E-state index contributed by atoms with van der Waals surface area (Å²) in [5.41, 5.74) is 0. The Morgan fingerprint density at radius 1 is 1.50 bits per heavy atom. The second-order valence-corrected chi connectivity index (χ2v) is 3.25. The maximum Gasteiger partial charge on any atom is 0.425 e. The Labute approximate surface area is 95.1 Å². The number of rotatable bonds is 1. The van der Waals surface area contributed by atoms with E-state index in [0.717, 1.165) is 4.68 Å². The van der Waals surface area contributed by atoms with Gasteiger partial charge in [0.2, 0.25) is 4.60 Å². The molecule has 0 spiro atoms. The lowest BCUT2D eigenvalue weighted by atomic mass is 10.7. The van der Waals surface area contributed by atoms with Gasteiger partial charge in [0.1, 0.15) is 5.10 Å². The highest BCUT2D eigenvalue weighted by Crippen LogP contribution is 2.20. The molecule has 82 valence electrons. The van der Waals surface area contributed by atoms with Crippen molar-refractivity contribution in [3.8, 4) is 0 Å². The number of halogens is 1. The molecular weight excluding hydrogens is 286 g/mol. The molecule has 0 fully saturated rings. The lowest BCUT2D eigenvalue weighted by Crippen LogP contribution is -2.21. The van der Waals surface area contributed by atoms with E-state index >= 15 is 0 Å². The van der Waals surface area contributed by atoms with Gasteiger partial charge in [-0.2, -0.15) is 4.68 Å². The van der Waals surface area contributed by atoms with Crippen LogP contribution in [0.25, 0.3) is 0 Å². The number of carbonyl (C=O) groups is 1. The molecule has 0 atom stereocenters. The summed E-state index contributed by atoms with van der Waals surface area (Å²) in [4.78, 5) is 21.3. The van der Waals surface area contributed by atoms with E-state index in [0.29, 0.717) is 4.68 Å². The molecule has 0 N–H and O–H groups in total. The van der Waals surface area contributed by atoms with Gasteiger partial charge in [0, 0.05) is 0 Å². The summed E-state index contributed by atoms with van der Waals surface area (Å²) in [6.07, 6.45) is 2.57. The predicted octanol–water partition coefficient (Wildman–Crippen LogP) is 0.0567. The topological polar surface area (TPSA) is 122 Å². The highest BCUT2D eigenvalue weighted by molar-refractivity contribution is 9.10. The Kier molecular flexibility index (Phi) is 2.44. The largest absolute Gasteiger partial charge is 0.425 e. The second-order valence-electron chi connectivity index (χ2n) is 2.50. The number of nitro groups is 1. The molecule has 10 nitrogen and oxygen atoms in total. The highest BCUT2D eigenvalue weighted by atomic mass is 79.9. The molecule has 0 aliphatic heterocycles. The minimum atomic E-state index is -0.762. The first kappa shape index (κ1) is 10.4. The molecule has 0 radical (unpaired) electrons. The first-order chi connectivity index (χ1) is 7.61. The molecule has 0 saturated carbocycles. The molecule has 0 unspecified atom stereocenters. The Morgan fingerprint density at radius 3 is 2.75 bits per heavy atom. The van der Waals surface area contributed by atoms with Crippen LogP contribution in [0.4, 0.5) is 10.6 Å². The van der Waals surface area contributed by atoms with Crippen molar-refractivity contribution in [1.29, 1.82) is 0 Å². The second kappa shape index (κ2) is 3.77. The molecule has 0 aliphatic rings. The van der Waals surface area contributed by atoms with Gasteiger partial charge in [-0.05, 0) is 20.9 Å². The van der Waals surface area contributed by atoms with Gasteiger partial charge in [-0.25, -0.2) is 4.79 Å². The minimum Gasteiger partial charge on any atom is -0.358 e. The van der Waals surface area contributed by atoms with Gasteiger partial charge in [0.15, 0.2) is 0 Å². The first-order valence-corrected chi connectivity index (χ1v) is 4.57. The number of hydrogen-bond donors (Lipinski definition) is 0. The summed E-state index contributed by atoms with van der Waals surface area (Å²) in [7, 11) is 0. The fourth-order valence-electron chi connectivity index (χ4n) is 0.904. The highest BCUT2D eigenvalue weighted by Gasteiger charge is 2.26. The average molecular weight is 288 g/mol. The van der Waals surface area contributed by atoms with E-state index in [1.165, 1.54) is 12.4 Å². The summed E-state index contributed by atoms with van der Waals surface area (Å²) >= 11 is 2.85. The van der Waals surface area contributed by atoms with Crippen molar-refractivity contribution in [2.75, 3.05) is 0 Å². The summed E-state index contributed by atoms with van der Waals surface area (Å²) < 4.78 is 1.41. The Bertz CT molecular complexity index is 546. The molecule has 2 aromatic rings. The van der Waals surface area contributed by atoms with E-state index in [9.17, 15) is 14.9 Å². The van der Waals surface area contributed by atoms with Crippen LogP contribution in [0.5, 0.6) is 0 Å². The summed E-state index contributed by atoms with van der Waals surface area (Å²) in [5, 5.41) is 23.9. The van der Waals surface area contributed by atoms with Crippen LogP contribution in [-0.4, -0.2) is 40.9 Å². The zero-order valence-corrected chi connectivity index (χ0v) is 8.97. The molecule has 0 aliphatic carbocycles. The van der Waals surface area contributed by atoms with E-state index < -0.39 is 16.8 Å². The van der Waals surface area contributed by atoms with E-state index in [1.807, 2.05) is 0 Å². The van der Waals surface area contributed by atoms with Crippen molar-refractivity contribution in [3.05, 3.63) is 27.1 Å². The molecule has 0 saturated heterocycles. The Balaban J connectivity index is 2.43. The van der Waals surface area contributed by atoms with Crippen molar-refractivity contribution in [3.63, 3.8) is 0 Å². The fraction of sp³-hybridized carbons (Fsp3) is 0. The van der Waals surface area contributed by atoms with Crippen LogP contribution >= 0.6 is 15.9 Å². The average Bonchev–Trinajstić information content (AvgIpc) is 2.84. The number of carbonyl (C=O) groups excluding carboxylic acids is 1. The first-order valence-electron chi connectivity index (χ1n) is 3.78. The molecule has 0 bridgehead atoms. The van der Waals surface area contributed by atoms with Crippen LogP contribution in [0, 0.1) is 10.1 Å². The van der Waals surface area contributed by atoms with E-state index in [-0.39, 0.29) is 4.60 Å². The molecule has 16 heavy (non-hydrogen) atoms. The number of aromatic nitrogens is 6. The van der Waals surface area contributed by atoms with Crippen molar-refractivity contribution < 1.29 is 9.72 Å². The Hall–Kier alpha value is -2.17. The van der Waals surface area contributed by atoms with Crippen molar-refractivity contribution >= 4 is 27.8 Å². The zero-order chi connectivity index (χ0) is 11.7. The third-order valence-electron chi connectivity index (χ3n) is 1.57. The minimum absolute atomic E-state index is 0.155. The van der Waals surface area contributed by atoms with Crippen LogP contribution in [0.15, 0.2) is 17.0 Å². The van der Waals surface area contributed by atoms with Crippen molar-refractivity contribution in [2.24, 2.45) is 0 Å². The van der Waals surface area contributed by atoms with Crippen molar-refractivity contribution in [1.82, 2.24) is 30.0 Å². The Morgan fingerprint density at radius 2 is 2.25 bits per heavy atom. The molecular formula is C5H2BrN7O3. The molecule has 11 heteroatoms. The van der Waals surface area contributed by atoms with Gasteiger partial charge < -0.3 is 10.1 Å². The van der Waals surface area contributed by atoms with Crippen LogP contribution in [0.1, 0.15) is 0 Å². The number of hydrogen-bond acceptors (Lipinski definition) is 7. The predicted molar refractivity (Wildman–Crippen MR) is 50.6 cm³/mol. The third-order valence-corrected chi connectivity index (χ3v) is 2.26. The summed E-state index contributed by atoms with van der Waals surface area (Å²) in [5.74, 6) is -0.548. The molecule has 0 amide bonds. The molecule has 2 rings (SSSR count). The molecule has 2 heterocycles. The molecule has 2 aromatic heterocycles. The van der Waals surface area contributed by atoms with Gasteiger partial charge >= 0.3 is 11.8 Å². The van der Waals surface area contributed by atoms with Crippen LogP contribution in [-0.2, 0) is 0 Å². The lowest BCUT2D eigenvalue weighted by molar-refractivity contribution is -0.390. The lowest BCUT2D eigenvalue weighted by Gasteiger charge is -1.96. The van der Waals surface area contributed by atoms with E-state index in [1.54, 1.807) is 0 Å². The van der Waals surface area contributed by atoms with Crippen LogP contribution < -0.4 is 0 Å². The van der Waals surface area contributed by atoms with Crippen LogP contribution in [0.3, 0.4) is 0 Å².